The molecule has 0 unspecified atom stereocenters. The Morgan fingerprint density at radius 1 is 1.03 bits per heavy atom. The molecule has 0 saturated carbocycles. The summed E-state index contributed by atoms with van der Waals surface area (Å²) in [5.74, 6) is 0.739. The average molecular weight is 498 g/mol. The van der Waals surface area contributed by atoms with E-state index in [1.165, 1.54) is 0 Å². The molecule has 0 aliphatic carbocycles. The van der Waals surface area contributed by atoms with E-state index in [9.17, 15) is 4.79 Å². The summed E-state index contributed by atoms with van der Waals surface area (Å²) in [5.41, 5.74) is 3.73. The number of hydrogen-bond acceptors (Lipinski definition) is 4. The van der Waals surface area contributed by atoms with Crippen LogP contribution in [0.2, 0.25) is 0 Å². The summed E-state index contributed by atoms with van der Waals surface area (Å²) in [4.78, 5) is 19.4. The molecule has 2 atom stereocenters. The SMILES string of the molecule is COc1ccc(-n2cccc2[C@@H]2[C@@H](c3ccccn3)NC(=S)N2CCC(=O)Nc2ccccc2)cc1. The van der Waals surface area contributed by atoms with Crippen LogP contribution in [0, 0.1) is 0 Å². The molecule has 36 heavy (non-hydrogen) atoms. The third-order valence-corrected chi connectivity index (χ3v) is 6.62. The molecule has 3 heterocycles. The summed E-state index contributed by atoms with van der Waals surface area (Å²) < 4.78 is 7.47. The van der Waals surface area contributed by atoms with E-state index in [0.717, 1.165) is 28.5 Å². The Morgan fingerprint density at radius 3 is 2.53 bits per heavy atom. The van der Waals surface area contributed by atoms with Gasteiger partial charge < -0.3 is 24.8 Å². The molecule has 2 aromatic carbocycles. The van der Waals surface area contributed by atoms with Crippen molar-refractivity contribution in [3.05, 3.63) is 109 Å². The minimum absolute atomic E-state index is 0.0606. The Labute approximate surface area is 215 Å². The number of pyridine rings is 1. The second-order valence-corrected chi connectivity index (χ2v) is 8.87. The normalized spacial score (nSPS) is 17.0. The van der Waals surface area contributed by atoms with Crippen LogP contribution in [0.15, 0.2) is 97.3 Å². The standard InChI is InChI=1S/C28H27N5O2S/c1-35-22-14-12-21(13-15-22)32-18-7-11-24(32)27-26(23-10-5-6-17-29-23)31-28(36)33(27)19-16-25(34)30-20-8-3-2-4-9-20/h2-15,17-18,26-27H,16,19H2,1H3,(H,30,34)(H,31,36)/t26-,27-/m1/s1. The smallest absolute Gasteiger partial charge is 0.226 e. The van der Waals surface area contributed by atoms with Gasteiger partial charge in [-0.2, -0.15) is 0 Å². The molecular formula is C28H27N5O2S. The maximum absolute atomic E-state index is 12.7. The monoisotopic (exact) mass is 497 g/mol. The quantitative estimate of drug-likeness (QED) is 0.338. The number of hydrogen-bond donors (Lipinski definition) is 2. The highest BCUT2D eigenvalue weighted by Crippen LogP contribution is 2.39. The number of para-hydroxylation sites is 1. The number of carbonyl (C=O) groups is 1. The zero-order valence-electron chi connectivity index (χ0n) is 19.9. The topological polar surface area (TPSA) is 71.4 Å². The van der Waals surface area contributed by atoms with E-state index in [2.05, 4.69) is 31.2 Å². The zero-order valence-corrected chi connectivity index (χ0v) is 20.7. The lowest BCUT2D eigenvalue weighted by Gasteiger charge is -2.29. The van der Waals surface area contributed by atoms with Crippen molar-refractivity contribution in [2.24, 2.45) is 0 Å². The molecule has 1 aliphatic heterocycles. The molecule has 5 rings (SSSR count). The van der Waals surface area contributed by atoms with Crippen LogP contribution >= 0.6 is 12.2 Å². The molecule has 1 aliphatic rings. The highest BCUT2D eigenvalue weighted by atomic mass is 32.1. The molecular weight excluding hydrogens is 470 g/mol. The van der Waals surface area contributed by atoms with Gasteiger partial charge in [-0.05, 0) is 72.9 Å². The molecule has 1 fully saturated rings. The van der Waals surface area contributed by atoms with Crippen LogP contribution in [-0.4, -0.2) is 39.1 Å². The first-order valence-electron chi connectivity index (χ1n) is 11.8. The lowest BCUT2D eigenvalue weighted by atomic mass is 10.0. The number of anilines is 1. The number of methoxy groups -OCH3 is 1. The van der Waals surface area contributed by atoms with Gasteiger partial charge in [0.15, 0.2) is 5.11 Å². The lowest BCUT2D eigenvalue weighted by molar-refractivity contribution is -0.116. The van der Waals surface area contributed by atoms with Crippen molar-refractivity contribution in [3.63, 3.8) is 0 Å². The molecule has 2 aromatic heterocycles. The fourth-order valence-corrected chi connectivity index (χ4v) is 4.88. The van der Waals surface area contributed by atoms with Gasteiger partial charge in [0.05, 0.1) is 24.9 Å². The molecule has 0 radical (unpaired) electrons. The van der Waals surface area contributed by atoms with E-state index in [4.69, 9.17) is 17.0 Å². The molecule has 1 saturated heterocycles. The maximum Gasteiger partial charge on any atom is 0.226 e. The van der Waals surface area contributed by atoms with E-state index in [1.54, 1.807) is 13.3 Å². The zero-order chi connectivity index (χ0) is 24.9. The number of amides is 1. The van der Waals surface area contributed by atoms with Crippen molar-refractivity contribution in [1.29, 1.82) is 0 Å². The number of rotatable bonds is 8. The van der Waals surface area contributed by atoms with Crippen molar-refractivity contribution in [3.8, 4) is 11.4 Å². The van der Waals surface area contributed by atoms with Crippen molar-refractivity contribution < 1.29 is 9.53 Å². The van der Waals surface area contributed by atoms with E-state index in [1.807, 2.05) is 85.1 Å². The van der Waals surface area contributed by atoms with E-state index in [-0.39, 0.29) is 18.0 Å². The Hall–Kier alpha value is -4.17. The maximum atomic E-state index is 12.7. The van der Waals surface area contributed by atoms with Crippen LogP contribution in [-0.2, 0) is 4.79 Å². The summed E-state index contributed by atoms with van der Waals surface area (Å²) >= 11 is 5.77. The third-order valence-electron chi connectivity index (χ3n) is 6.27. The largest absolute Gasteiger partial charge is 0.497 e. The summed E-state index contributed by atoms with van der Waals surface area (Å²) in [6.07, 6.45) is 4.12. The third kappa shape index (κ3) is 4.94. The van der Waals surface area contributed by atoms with Crippen LogP contribution in [0.5, 0.6) is 5.75 Å². The van der Waals surface area contributed by atoms with Crippen molar-refractivity contribution >= 4 is 28.9 Å². The summed E-state index contributed by atoms with van der Waals surface area (Å²) in [7, 11) is 1.66. The van der Waals surface area contributed by atoms with E-state index in [0.29, 0.717) is 18.1 Å². The second kappa shape index (κ2) is 10.6. The van der Waals surface area contributed by atoms with Gasteiger partial charge in [0.25, 0.3) is 0 Å². The van der Waals surface area contributed by atoms with Crippen LogP contribution in [0.25, 0.3) is 5.69 Å². The first-order chi connectivity index (χ1) is 17.6. The Kier molecular flexibility index (Phi) is 6.95. The fraction of sp³-hybridized carbons (Fsp3) is 0.179. The first-order valence-corrected chi connectivity index (χ1v) is 12.2. The van der Waals surface area contributed by atoms with Crippen LogP contribution in [0.4, 0.5) is 5.69 Å². The Balaban J connectivity index is 1.44. The Bertz CT molecular complexity index is 1330. The second-order valence-electron chi connectivity index (χ2n) is 8.49. The molecule has 1 amide bonds. The average Bonchev–Trinajstić information content (AvgIpc) is 3.52. The van der Waals surface area contributed by atoms with Gasteiger partial charge >= 0.3 is 0 Å². The molecule has 0 bridgehead atoms. The lowest BCUT2D eigenvalue weighted by Crippen LogP contribution is -2.33. The summed E-state index contributed by atoms with van der Waals surface area (Å²) in [5, 5.41) is 7.02. The van der Waals surface area contributed by atoms with Crippen molar-refractivity contribution in [2.45, 2.75) is 18.5 Å². The van der Waals surface area contributed by atoms with Gasteiger partial charge in [0.1, 0.15) is 5.75 Å². The van der Waals surface area contributed by atoms with Gasteiger partial charge in [-0.1, -0.05) is 24.3 Å². The number of nitrogens with zero attached hydrogens (tertiary/aromatic N) is 3. The predicted octanol–water partition coefficient (Wildman–Crippen LogP) is 4.88. The predicted molar refractivity (Wildman–Crippen MR) is 144 cm³/mol. The van der Waals surface area contributed by atoms with E-state index < -0.39 is 0 Å². The number of ether oxygens (including phenoxy) is 1. The number of benzene rings is 2. The van der Waals surface area contributed by atoms with Crippen LogP contribution < -0.4 is 15.4 Å². The van der Waals surface area contributed by atoms with Crippen LogP contribution in [0.1, 0.15) is 29.9 Å². The molecule has 8 heteroatoms. The van der Waals surface area contributed by atoms with Crippen molar-refractivity contribution in [1.82, 2.24) is 19.8 Å². The van der Waals surface area contributed by atoms with Gasteiger partial charge in [-0.3, -0.25) is 9.78 Å². The van der Waals surface area contributed by atoms with E-state index >= 15 is 0 Å². The van der Waals surface area contributed by atoms with Crippen LogP contribution in [0.3, 0.4) is 0 Å². The summed E-state index contributed by atoms with van der Waals surface area (Å²) in [6.45, 7) is 0.465. The minimum Gasteiger partial charge on any atom is -0.497 e. The minimum atomic E-state index is -0.164. The van der Waals surface area contributed by atoms with Gasteiger partial charge in [-0.25, -0.2) is 0 Å². The first kappa shape index (κ1) is 23.6. The number of thiocarbonyl (C=S) groups is 1. The molecule has 0 spiro atoms. The Morgan fingerprint density at radius 2 is 1.81 bits per heavy atom. The highest BCUT2D eigenvalue weighted by molar-refractivity contribution is 7.80. The molecule has 182 valence electrons. The fourth-order valence-electron chi connectivity index (χ4n) is 4.55. The summed E-state index contributed by atoms with van der Waals surface area (Å²) in [6, 6.07) is 27.1. The van der Waals surface area contributed by atoms with Gasteiger partial charge in [0.2, 0.25) is 5.91 Å². The van der Waals surface area contributed by atoms with Gasteiger partial charge in [-0.15, -0.1) is 0 Å². The van der Waals surface area contributed by atoms with Gasteiger partial charge in [0, 0.05) is 42.4 Å². The molecule has 7 nitrogen and oxygen atoms in total. The number of aromatic nitrogens is 2. The molecule has 4 aromatic rings. The molecule has 2 N–H and O–H groups in total. The number of carbonyl (C=O) groups excluding carboxylic acids is 1. The van der Waals surface area contributed by atoms with Crippen molar-refractivity contribution in [2.75, 3.05) is 19.0 Å². The number of nitrogens with one attached hydrogen (secondary N) is 2. The highest BCUT2D eigenvalue weighted by Gasteiger charge is 2.41.